The Morgan fingerprint density at radius 1 is 1.23 bits per heavy atom. The molecular weight excluding hydrogens is 328 g/mol. The summed E-state index contributed by atoms with van der Waals surface area (Å²) in [5, 5.41) is 9.47. The quantitative estimate of drug-likeness (QED) is 0.770. The zero-order valence-corrected chi connectivity index (χ0v) is 16.1. The first-order chi connectivity index (χ1) is 12.2. The normalized spacial score (nSPS) is 47.7. The summed E-state index contributed by atoms with van der Waals surface area (Å²) in [5.41, 5.74) is 0.963. The number of ketones is 3. The number of allylic oxidation sites excluding steroid dienone is 1. The van der Waals surface area contributed by atoms with Crippen LogP contribution in [0.15, 0.2) is 11.6 Å². The van der Waals surface area contributed by atoms with Crippen LogP contribution in [-0.4, -0.2) is 29.1 Å². The van der Waals surface area contributed by atoms with E-state index in [2.05, 4.69) is 20.8 Å². The third-order valence-corrected chi connectivity index (χ3v) is 8.69. The highest BCUT2D eigenvalue weighted by Gasteiger charge is 2.62. The Morgan fingerprint density at radius 3 is 2.65 bits per heavy atom. The Bertz CT molecular complexity index is 707. The lowest BCUT2D eigenvalue weighted by atomic mass is 9.46. The second-order valence-electron chi connectivity index (χ2n) is 9.83. The molecule has 0 aliphatic heterocycles. The molecule has 0 bridgehead atoms. The molecule has 142 valence electrons. The molecule has 0 heterocycles. The van der Waals surface area contributed by atoms with Crippen LogP contribution in [0.1, 0.15) is 59.3 Å². The van der Waals surface area contributed by atoms with Gasteiger partial charge in [0.15, 0.2) is 5.78 Å². The Labute approximate surface area is 155 Å². The number of hydrogen-bond donors (Lipinski definition) is 1. The monoisotopic (exact) mass is 358 g/mol. The fourth-order valence-corrected chi connectivity index (χ4v) is 7.62. The van der Waals surface area contributed by atoms with E-state index < -0.39 is 0 Å². The molecular formula is C22H30O4. The number of hydrogen-bond acceptors (Lipinski definition) is 4. The SMILES string of the molecule is CC1C[C@H]2[C@@H]3CCC4=CC(=O)C(=O)C[C@]4(C)[C@H]3CC[C@]2(C)[C@H]1C(=O)CO. The van der Waals surface area contributed by atoms with Crippen LogP contribution >= 0.6 is 0 Å². The Kier molecular flexibility index (Phi) is 4.07. The number of rotatable bonds is 2. The van der Waals surface area contributed by atoms with E-state index in [1.54, 1.807) is 6.08 Å². The number of carbonyl (C=O) groups is 3. The molecule has 1 N–H and O–H groups in total. The van der Waals surface area contributed by atoms with Gasteiger partial charge in [0.2, 0.25) is 11.6 Å². The summed E-state index contributed by atoms with van der Waals surface area (Å²) in [6.45, 7) is 6.26. The molecule has 0 amide bonds. The van der Waals surface area contributed by atoms with Crippen LogP contribution in [-0.2, 0) is 14.4 Å². The molecule has 0 aromatic heterocycles. The van der Waals surface area contributed by atoms with Crippen molar-refractivity contribution in [1.82, 2.24) is 0 Å². The molecule has 0 aromatic carbocycles. The van der Waals surface area contributed by atoms with Gasteiger partial charge in [-0.25, -0.2) is 0 Å². The Morgan fingerprint density at radius 2 is 1.96 bits per heavy atom. The number of carbonyl (C=O) groups excluding carboxylic acids is 3. The minimum Gasteiger partial charge on any atom is -0.389 e. The van der Waals surface area contributed by atoms with Gasteiger partial charge in [0.05, 0.1) is 0 Å². The molecule has 3 saturated carbocycles. The van der Waals surface area contributed by atoms with E-state index >= 15 is 0 Å². The van der Waals surface area contributed by atoms with Crippen molar-refractivity contribution in [2.75, 3.05) is 6.61 Å². The number of aliphatic hydroxyl groups is 1. The van der Waals surface area contributed by atoms with Gasteiger partial charge in [-0.15, -0.1) is 0 Å². The predicted octanol–water partition coefficient (Wildman–Crippen LogP) is 3.12. The van der Waals surface area contributed by atoms with Crippen LogP contribution in [0.5, 0.6) is 0 Å². The van der Waals surface area contributed by atoms with Gasteiger partial charge in [0.1, 0.15) is 6.61 Å². The molecule has 4 nitrogen and oxygen atoms in total. The zero-order chi connectivity index (χ0) is 18.9. The first-order valence-electron chi connectivity index (χ1n) is 10.1. The molecule has 4 aliphatic rings. The van der Waals surface area contributed by atoms with Crippen molar-refractivity contribution >= 4 is 17.3 Å². The highest BCUT2D eigenvalue weighted by molar-refractivity contribution is 6.42. The summed E-state index contributed by atoms with van der Waals surface area (Å²) >= 11 is 0. The second kappa shape index (κ2) is 5.85. The lowest BCUT2D eigenvalue weighted by Crippen LogP contribution is -2.52. The first-order valence-corrected chi connectivity index (χ1v) is 10.1. The molecule has 1 unspecified atom stereocenters. The van der Waals surface area contributed by atoms with Gasteiger partial charge in [-0.2, -0.15) is 0 Å². The van der Waals surface area contributed by atoms with Crippen molar-refractivity contribution < 1.29 is 19.5 Å². The van der Waals surface area contributed by atoms with E-state index in [1.165, 1.54) is 5.57 Å². The molecule has 3 fully saturated rings. The molecule has 26 heavy (non-hydrogen) atoms. The summed E-state index contributed by atoms with van der Waals surface area (Å²) in [6, 6.07) is 0. The summed E-state index contributed by atoms with van der Waals surface area (Å²) in [7, 11) is 0. The average molecular weight is 358 g/mol. The van der Waals surface area contributed by atoms with Crippen LogP contribution in [0, 0.1) is 40.4 Å². The van der Waals surface area contributed by atoms with Crippen molar-refractivity contribution in [3.05, 3.63) is 11.6 Å². The number of aliphatic hydroxyl groups excluding tert-OH is 1. The van der Waals surface area contributed by atoms with Gasteiger partial charge in [0, 0.05) is 12.3 Å². The average Bonchev–Trinajstić information content (AvgIpc) is 2.86. The lowest BCUT2D eigenvalue weighted by Gasteiger charge is -2.57. The van der Waals surface area contributed by atoms with E-state index in [1.807, 2.05) is 0 Å². The third-order valence-electron chi connectivity index (χ3n) is 8.69. The first kappa shape index (κ1) is 18.1. The van der Waals surface area contributed by atoms with Gasteiger partial charge in [-0.05, 0) is 72.7 Å². The highest BCUT2D eigenvalue weighted by atomic mass is 16.3. The van der Waals surface area contributed by atoms with Crippen LogP contribution < -0.4 is 0 Å². The van der Waals surface area contributed by atoms with E-state index in [0.29, 0.717) is 30.1 Å². The van der Waals surface area contributed by atoms with Gasteiger partial charge in [-0.1, -0.05) is 26.3 Å². The molecule has 7 atom stereocenters. The van der Waals surface area contributed by atoms with E-state index in [0.717, 1.165) is 32.1 Å². The fraction of sp³-hybridized carbons (Fsp3) is 0.773. The largest absolute Gasteiger partial charge is 0.389 e. The predicted molar refractivity (Wildman–Crippen MR) is 97.2 cm³/mol. The molecule has 4 heteroatoms. The van der Waals surface area contributed by atoms with E-state index in [9.17, 15) is 19.5 Å². The van der Waals surface area contributed by atoms with Gasteiger partial charge in [0.25, 0.3) is 0 Å². The summed E-state index contributed by atoms with van der Waals surface area (Å²) in [5.74, 6) is 1.12. The Hall–Kier alpha value is -1.29. The van der Waals surface area contributed by atoms with Crippen LogP contribution in [0.4, 0.5) is 0 Å². The minimum absolute atomic E-state index is 0.00185. The molecule has 0 saturated heterocycles. The van der Waals surface area contributed by atoms with E-state index in [-0.39, 0.29) is 40.7 Å². The van der Waals surface area contributed by atoms with Gasteiger partial charge in [-0.3, -0.25) is 14.4 Å². The standard InChI is InChI=1S/C22H30O4/c1-12-8-16-14-5-4-13-9-17(24)18(25)10-22(13,3)15(14)6-7-21(16,2)20(12)19(26)11-23/h9,12,14-16,20,23H,4-8,10-11H2,1-3H3/t12?,14-,15+,16+,20-,21+,22+/m1/s1. The molecule has 0 radical (unpaired) electrons. The topological polar surface area (TPSA) is 71.4 Å². The molecule has 4 rings (SSSR count). The molecule has 0 aromatic rings. The summed E-state index contributed by atoms with van der Waals surface area (Å²) < 4.78 is 0. The maximum atomic E-state index is 12.5. The zero-order valence-electron chi connectivity index (χ0n) is 16.1. The van der Waals surface area contributed by atoms with Gasteiger partial charge >= 0.3 is 0 Å². The minimum atomic E-state index is -0.355. The van der Waals surface area contributed by atoms with Crippen molar-refractivity contribution in [3.8, 4) is 0 Å². The lowest BCUT2D eigenvalue weighted by molar-refractivity contribution is -0.139. The van der Waals surface area contributed by atoms with Gasteiger partial charge < -0.3 is 5.11 Å². The van der Waals surface area contributed by atoms with Crippen molar-refractivity contribution in [3.63, 3.8) is 0 Å². The number of fused-ring (bicyclic) bond motifs is 5. The summed E-state index contributed by atoms with van der Waals surface area (Å²) in [6.07, 6.45) is 6.97. The third kappa shape index (κ3) is 2.27. The molecule has 0 spiro atoms. The fourth-order valence-electron chi connectivity index (χ4n) is 7.62. The second-order valence-corrected chi connectivity index (χ2v) is 9.83. The maximum absolute atomic E-state index is 12.5. The van der Waals surface area contributed by atoms with Crippen LogP contribution in [0.25, 0.3) is 0 Å². The molecule has 4 aliphatic carbocycles. The van der Waals surface area contributed by atoms with Crippen LogP contribution in [0.3, 0.4) is 0 Å². The maximum Gasteiger partial charge on any atom is 0.221 e. The van der Waals surface area contributed by atoms with Crippen molar-refractivity contribution in [1.29, 1.82) is 0 Å². The summed E-state index contributed by atoms with van der Waals surface area (Å²) in [4.78, 5) is 36.6. The van der Waals surface area contributed by atoms with Crippen LogP contribution in [0.2, 0.25) is 0 Å². The van der Waals surface area contributed by atoms with E-state index in [4.69, 9.17) is 0 Å². The number of Topliss-reactive ketones (excluding diaryl/α,β-unsaturated/α-hetero) is 2. The van der Waals surface area contributed by atoms with Crippen molar-refractivity contribution in [2.45, 2.75) is 59.3 Å². The highest BCUT2D eigenvalue weighted by Crippen LogP contribution is 2.67. The Balaban J connectivity index is 1.69. The van der Waals surface area contributed by atoms with Crippen molar-refractivity contribution in [2.24, 2.45) is 40.4 Å². The smallest absolute Gasteiger partial charge is 0.221 e.